The molecule has 0 aliphatic carbocycles. The highest BCUT2D eigenvalue weighted by molar-refractivity contribution is 7.93. The zero-order valence-electron chi connectivity index (χ0n) is 5.66. The maximum Gasteiger partial charge on any atom is 0.244 e. The molecule has 0 aromatic carbocycles. The van der Waals surface area contributed by atoms with Crippen molar-refractivity contribution in [2.45, 2.75) is 12.8 Å². The van der Waals surface area contributed by atoms with Gasteiger partial charge in [-0.2, -0.15) is 0 Å². The molecule has 0 aromatic heterocycles. The summed E-state index contributed by atoms with van der Waals surface area (Å²) in [6, 6.07) is 0. The zero-order chi connectivity index (χ0) is 7.49. The molecule has 0 fully saturated rings. The van der Waals surface area contributed by atoms with E-state index in [1.165, 1.54) is 17.9 Å². The number of methoxy groups -OCH3 is 2. The number of thiol groups is 2. The minimum Gasteiger partial charge on any atom is -0.340 e. The van der Waals surface area contributed by atoms with E-state index in [4.69, 9.17) is 9.47 Å². The molecule has 0 heterocycles. The second-order valence-electron chi connectivity index (χ2n) is 1.60. The van der Waals surface area contributed by atoms with Crippen molar-refractivity contribution in [1.29, 1.82) is 0 Å². The van der Waals surface area contributed by atoms with Gasteiger partial charge in [0.25, 0.3) is 0 Å². The Labute approximate surface area is 66.4 Å². The van der Waals surface area contributed by atoms with Gasteiger partial charge in [0.15, 0.2) is 0 Å². The summed E-state index contributed by atoms with van der Waals surface area (Å²) in [5, 5.41) is 0. The SMILES string of the molecule is COC(C)(OC)N(S)S. The average Bonchev–Trinajstić information content (AvgIpc) is 1.86. The van der Waals surface area contributed by atoms with Gasteiger partial charge >= 0.3 is 0 Å². The predicted molar refractivity (Wildman–Crippen MR) is 42.2 cm³/mol. The van der Waals surface area contributed by atoms with Gasteiger partial charge in [0.2, 0.25) is 5.91 Å². The highest BCUT2D eigenvalue weighted by Gasteiger charge is 2.27. The first-order valence-corrected chi connectivity index (χ1v) is 3.15. The van der Waals surface area contributed by atoms with Crippen molar-refractivity contribution in [2.24, 2.45) is 0 Å². The average molecular weight is 169 g/mol. The summed E-state index contributed by atoms with van der Waals surface area (Å²) < 4.78 is 11.0. The van der Waals surface area contributed by atoms with Crippen molar-refractivity contribution in [3.05, 3.63) is 0 Å². The molecule has 0 aliphatic rings. The summed E-state index contributed by atoms with van der Waals surface area (Å²) in [7, 11) is 3.03. The predicted octanol–water partition coefficient (Wildman–Crippen LogP) is 0.944. The quantitative estimate of drug-likeness (QED) is 0.485. The van der Waals surface area contributed by atoms with Gasteiger partial charge < -0.3 is 9.47 Å². The Balaban J connectivity index is 3.92. The molecular formula is C4H11NO2S2. The number of rotatable bonds is 3. The Hall–Kier alpha value is 0.580. The summed E-state index contributed by atoms with van der Waals surface area (Å²) in [6.45, 7) is 1.70. The van der Waals surface area contributed by atoms with Crippen molar-refractivity contribution < 1.29 is 9.47 Å². The molecule has 5 heteroatoms. The van der Waals surface area contributed by atoms with Crippen LogP contribution in [0.1, 0.15) is 6.92 Å². The molecular weight excluding hydrogens is 158 g/mol. The van der Waals surface area contributed by atoms with E-state index >= 15 is 0 Å². The largest absolute Gasteiger partial charge is 0.340 e. The molecule has 0 aromatic rings. The fraction of sp³-hybridized carbons (Fsp3) is 1.00. The zero-order valence-corrected chi connectivity index (χ0v) is 7.45. The topological polar surface area (TPSA) is 21.7 Å². The Morgan fingerprint density at radius 1 is 1.22 bits per heavy atom. The lowest BCUT2D eigenvalue weighted by Gasteiger charge is -2.30. The standard InChI is InChI=1S/C4H11NO2S2/c1-4(6-2,7-3)5(8)9/h8-9H,1-3H3. The van der Waals surface area contributed by atoms with Crippen LogP contribution < -0.4 is 0 Å². The van der Waals surface area contributed by atoms with Gasteiger partial charge in [0.1, 0.15) is 0 Å². The smallest absolute Gasteiger partial charge is 0.244 e. The molecule has 0 atom stereocenters. The first-order valence-electron chi connectivity index (χ1n) is 2.35. The van der Waals surface area contributed by atoms with Crippen molar-refractivity contribution in [1.82, 2.24) is 3.71 Å². The van der Waals surface area contributed by atoms with Crippen LogP contribution in [0.5, 0.6) is 0 Å². The van der Waals surface area contributed by atoms with E-state index in [9.17, 15) is 0 Å². The van der Waals surface area contributed by atoms with Crippen LogP contribution in [0.2, 0.25) is 0 Å². The van der Waals surface area contributed by atoms with Crippen molar-refractivity contribution in [3.8, 4) is 0 Å². The van der Waals surface area contributed by atoms with Crippen LogP contribution in [0.25, 0.3) is 0 Å². The van der Waals surface area contributed by atoms with Crippen LogP contribution in [-0.4, -0.2) is 23.8 Å². The molecule has 0 spiro atoms. The van der Waals surface area contributed by atoms with E-state index in [1.54, 1.807) is 6.92 Å². The van der Waals surface area contributed by atoms with Crippen LogP contribution in [0.3, 0.4) is 0 Å². The Morgan fingerprint density at radius 2 is 1.56 bits per heavy atom. The maximum atomic E-state index is 4.90. The molecule has 0 unspecified atom stereocenters. The minimum atomic E-state index is -0.855. The van der Waals surface area contributed by atoms with Crippen LogP contribution in [0.15, 0.2) is 0 Å². The summed E-state index contributed by atoms with van der Waals surface area (Å²) in [6.07, 6.45) is 0. The lowest BCUT2D eigenvalue weighted by atomic mass is 10.6. The number of hydrogen-bond acceptors (Lipinski definition) is 5. The van der Waals surface area contributed by atoms with E-state index in [2.05, 4.69) is 25.6 Å². The molecule has 9 heavy (non-hydrogen) atoms. The molecule has 0 saturated carbocycles. The third kappa shape index (κ3) is 2.35. The fourth-order valence-electron chi connectivity index (χ4n) is 0.247. The van der Waals surface area contributed by atoms with Crippen LogP contribution in [-0.2, 0) is 9.47 Å². The molecule has 56 valence electrons. The van der Waals surface area contributed by atoms with E-state index in [0.29, 0.717) is 0 Å². The van der Waals surface area contributed by atoms with Crippen molar-refractivity contribution >= 4 is 25.6 Å². The first-order chi connectivity index (χ1) is 4.06. The third-order valence-corrected chi connectivity index (χ3v) is 1.85. The highest BCUT2D eigenvalue weighted by Crippen LogP contribution is 2.20. The van der Waals surface area contributed by atoms with Crippen molar-refractivity contribution in [2.75, 3.05) is 14.2 Å². The summed E-state index contributed by atoms with van der Waals surface area (Å²) in [4.78, 5) is 0. The van der Waals surface area contributed by atoms with Gasteiger partial charge in [-0.1, -0.05) is 25.6 Å². The molecule has 0 rings (SSSR count). The minimum absolute atomic E-state index is 0.855. The van der Waals surface area contributed by atoms with Crippen LogP contribution >= 0.6 is 25.6 Å². The van der Waals surface area contributed by atoms with E-state index < -0.39 is 5.91 Å². The van der Waals surface area contributed by atoms with E-state index in [0.717, 1.165) is 0 Å². The molecule has 0 radical (unpaired) electrons. The maximum absolute atomic E-state index is 4.90. The van der Waals surface area contributed by atoms with Crippen LogP contribution in [0.4, 0.5) is 0 Å². The van der Waals surface area contributed by atoms with E-state index in [-0.39, 0.29) is 0 Å². The Morgan fingerprint density at radius 3 is 1.56 bits per heavy atom. The summed E-state index contributed by atoms with van der Waals surface area (Å²) in [5.41, 5.74) is 0. The monoisotopic (exact) mass is 169 g/mol. The van der Waals surface area contributed by atoms with E-state index in [1.807, 2.05) is 0 Å². The Kier molecular flexibility index (Phi) is 3.91. The summed E-state index contributed by atoms with van der Waals surface area (Å²) in [5.74, 6) is -0.855. The lowest BCUT2D eigenvalue weighted by Crippen LogP contribution is -2.38. The summed E-state index contributed by atoms with van der Waals surface area (Å²) >= 11 is 7.77. The van der Waals surface area contributed by atoms with Gasteiger partial charge in [-0.05, 0) is 0 Å². The molecule has 3 nitrogen and oxygen atoms in total. The van der Waals surface area contributed by atoms with Gasteiger partial charge in [0, 0.05) is 21.1 Å². The molecule has 0 bridgehead atoms. The molecule has 0 aliphatic heterocycles. The van der Waals surface area contributed by atoms with Crippen LogP contribution in [0, 0.1) is 0 Å². The Bertz CT molecular complexity index is 84.6. The molecule has 0 amide bonds. The normalized spacial score (nSPS) is 12.7. The first kappa shape index (κ1) is 9.58. The van der Waals surface area contributed by atoms with Gasteiger partial charge in [-0.15, -0.1) is 3.71 Å². The van der Waals surface area contributed by atoms with Gasteiger partial charge in [0.05, 0.1) is 0 Å². The number of ether oxygens (including phenoxy) is 2. The third-order valence-electron chi connectivity index (χ3n) is 1.12. The second kappa shape index (κ2) is 3.68. The van der Waals surface area contributed by atoms with Crippen molar-refractivity contribution in [3.63, 3.8) is 0 Å². The second-order valence-corrected chi connectivity index (χ2v) is 2.71. The number of nitrogens with zero attached hydrogens (tertiary/aromatic N) is 1. The van der Waals surface area contributed by atoms with Gasteiger partial charge in [-0.25, -0.2) is 0 Å². The van der Waals surface area contributed by atoms with Gasteiger partial charge in [-0.3, -0.25) is 0 Å². The molecule has 0 N–H and O–H groups in total. The number of hydrogen-bond donors (Lipinski definition) is 2. The highest BCUT2D eigenvalue weighted by atomic mass is 32.2. The lowest BCUT2D eigenvalue weighted by molar-refractivity contribution is -0.228. The molecule has 0 saturated heterocycles. The fourth-order valence-corrected chi connectivity index (χ4v) is 0.573.